The molecule has 0 aliphatic carbocycles. The number of aliphatic hydroxyl groups is 1. The number of carbonyl (C=O) groups excluding carboxylic acids is 1. The van der Waals surface area contributed by atoms with Gasteiger partial charge >= 0.3 is 5.97 Å². The molecule has 0 aromatic carbocycles. The van der Waals surface area contributed by atoms with Crippen molar-refractivity contribution in [1.29, 1.82) is 0 Å². The number of hydrogen-bond acceptors (Lipinski definition) is 3. The van der Waals surface area contributed by atoms with E-state index in [1.54, 1.807) is 6.92 Å². The van der Waals surface area contributed by atoms with Crippen LogP contribution in [0.3, 0.4) is 0 Å². The molecule has 0 fully saturated rings. The van der Waals surface area contributed by atoms with E-state index in [9.17, 15) is 4.79 Å². The Labute approximate surface area is 65.3 Å². The summed E-state index contributed by atoms with van der Waals surface area (Å²) in [5.41, 5.74) is 0.285. The van der Waals surface area contributed by atoms with Gasteiger partial charge in [-0.15, -0.1) is 0 Å². The summed E-state index contributed by atoms with van der Waals surface area (Å²) < 4.78 is 4.44. The van der Waals surface area contributed by atoms with Gasteiger partial charge in [-0.2, -0.15) is 0 Å². The molecular formula is C8H10O3. The molecule has 0 saturated carbocycles. The Balaban J connectivity index is 4.27. The molecule has 0 radical (unpaired) electrons. The fourth-order valence-corrected chi connectivity index (χ4v) is 0.506. The molecule has 0 heterocycles. The Morgan fingerprint density at radius 3 is 2.64 bits per heavy atom. The molecule has 0 saturated heterocycles. The van der Waals surface area contributed by atoms with Gasteiger partial charge < -0.3 is 9.84 Å². The van der Waals surface area contributed by atoms with E-state index < -0.39 is 5.97 Å². The lowest BCUT2D eigenvalue weighted by Gasteiger charge is -1.96. The van der Waals surface area contributed by atoms with Crippen molar-refractivity contribution in [3.63, 3.8) is 0 Å². The van der Waals surface area contributed by atoms with Crippen LogP contribution in [0.4, 0.5) is 0 Å². The fraction of sp³-hybridized carbons (Fsp3) is 0.125. The molecule has 1 N–H and O–H groups in total. The maximum atomic E-state index is 10.8. The van der Waals surface area contributed by atoms with Crippen LogP contribution in [-0.4, -0.2) is 11.1 Å². The summed E-state index contributed by atoms with van der Waals surface area (Å²) in [5, 5.41) is 8.33. The summed E-state index contributed by atoms with van der Waals surface area (Å²) >= 11 is 0. The van der Waals surface area contributed by atoms with Crippen molar-refractivity contribution < 1.29 is 14.6 Å². The molecule has 3 nitrogen and oxygen atoms in total. The SMILES string of the molecule is C=COC(=O)C(C=CO)=CC. The molecule has 0 rings (SSSR count). The van der Waals surface area contributed by atoms with Crippen LogP contribution in [0, 0.1) is 0 Å². The molecule has 60 valence electrons. The largest absolute Gasteiger partial charge is 0.516 e. The van der Waals surface area contributed by atoms with Crippen LogP contribution in [0.2, 0.25) is 0 Å². The average Bonchev–Trinajstić information content (AvgIpc) is 2.00. The molecule has 0 aliphatic heterocycles. The minimum atomic E-state index is -0.534. The van der Waals surface area contributed by atoms with Gasteiger partial charge in [-0.3, -0.25) is 0 Å². The van der Waals surface area contributed by atoms with Gasteiger partial charge in [0.2, 0.25) is 0 Å². The van der Waals surface area contributed by atoms with E-state index in [1.165, 1.54) is 12.2 Å². The summed E-state index contributed by atoms with van der Waals surface area (Å²) in [6.45, 7) is 4.89. The van der Waals surface area contributed by atoms with Crippen LogP contribution < -0.4 is 0 Å². The highest BCUT2D eigenvalue weighted by molar-refractivity contribution is 5.91. The number of rotatable bonds is 3. The van der Waals surface area contributed by atoms with Gasteiger partial charge in [-0.05, 0) is 13.0 Å². The van der Waals surface area contributed by atoms with Gasteiger partial charge in [0.1, 0.15) is 0 Å². The van der Waals surface area contributed by atoms with Gasteiger partial charge in [-0.25, -0.2) is 4.79 Å². The molecule has 0 atom stereocenters. The van der Waals surface area contributed by atoms with Crippen molar-refractivity contribution in [2.24, 2.45) is 0 Å². The molecule has 11 heavy (non-hydrogen) atoms. The molecule has 0 unspecified atom stereocenters. The predicted molar refractivity (Wildman–Crippen MR) is 41.8 cm³/mol. The molecule has 0 amide bonds. The van der Waals surface area contributed by atoms with Crippen LogP contribution >= 0.6 is 0 Å². The fourth-order valence-electron chi connectivity index (χ4n) is 0.506. The molecular weight excluding hydrogens is 144 g/mol. The van der Waals surface area contributed by atoms with E-state index in [0.717, 1.165) is 12.5 Å². The van der Waals surface area contributed by atoms with Crippen LogP contribution in [0.1, 0.15) is 6.92 Å². The number of carbonyl (C=O) groups is 1. The van der Waals surface area contributed by atoms with Crippen molar-refractivity contribution in [2.75, 3.05) is 0 Å². The Bertz CT molecular complexity index is 201. The van der Waals surface area contributed by atoms with Crippen LogP contribution in [0.25, 0.3) is 0 Å². The zero-order valence-electron chi connectivity index (χ0n) is 6.28. The number of aliphatic hydroxyl groups excluding tert-OH is 1. The Hall–Kier alpha value is -1.51. The monoisotopic (exact) mass is 154 g/mol. The van der Waals surface area contributed by atoms with Gasteiger partial charge in [0.05, 0.1) is 18.1 Å². The van der Waals surface area contributed by atoms with Gasteiger partial charge in [0.15, 0.2) is 0 Å². The topological polar surface area (TPSA) is 46.5 Å². The minimum Gasteiger partial charge on any atom is -0.516 e. The first-order valence-electron chi connectivity index (χ1n) is 3.05. The smallest absolute Gasteiger partial charge is 0.342 e. The van der Waals surface area contributed by atoms with Gasteiger partial charge in [0, 0.05) is 0 Å². The highest BCUT2D eigenvalue weighted by atomic mass is 16.5. The average molecular weight is 154 g/mol. The summed E-state index contributed by atoms with van der Waals surface area (Å²) in [7, 11) is 0. The van der Waals surface area contributed by atoms with E-state index in [1.807, 2.05) is 0 Å². The third-order valence-electron chi connectivity index (χ3n) is 0.991. The molecule has 0 aromatic heterocycles. The standard InChI is InChI=1S/C8H10O3/c1-3-7(5-6-9)8(10)11-4-2/h3-6,9H,2H2,1H3. The summed E-state index contributed by atoms with van der Waals surface area (Å²) in [6.07, 6.45) is 4.58. The quantitative estimate of drug-likeness (QED) is 0.291. The van der Waals surface area contributed by atoms with Crippen LogP contribution in [0.15, 0.2) is 36.8 Å². The first kappa shape index (κ1) is 9.49. The molecule has 0 aliphatic rings. The lowest BCUT2D eigenvalue weighted by Crippen LogP contribution is -2.01. The molecule has 0 spiro atoms. The first-order valence-corrected chi connectivity index (χ1v) is 3.05. The van der Waals surface area contributed by atoms with E-state index in [0.29, 0.717) is 0 Å². The van der Waals surface area contributed by atoms with E-state index in [2.05, 4.69) is 11.3 Å². The van der Waals surface area contributed by atoms with Crippen molar-refractivity contribution in [2.45, 2.75) is 6.92 Å². The third-order valence-corrected chi connectivity index (χ3v) is 0.991. The highest BCUT2D eigenvalue weighted by Gasteiger charge is 2.03. The number of esters is 1. The highest BCUT2D eigenvalue weighted by Crippen LogP contribution is 1.99. The maximum absolute atomic E-state index is 10.8. The van der Waals surface area contributed by atoms with Crippen LogP contribution in [-0.2, 0) is 9.53 Å². The predicted octanol–water partition coefficient (Wildman–Crippen LogP) is 1.69. The second-order valence-electron chi connectivity index (χ2n) is 1.63. The second-order valence-corrected chi connectivity index (χ2v) is 1.63. The Morgan fingerprint density at radius 1 is 1.64 bits per heavy atom. The number of allylic oxidation sites excluding steroid dienone is 1. The summed E-state index contributed by atoms with van der Waals surface area (Å²) in [4.78, 5) is 10.8. The lowest BCUT2D eigenvalue weighted by atomic mass is 10.2. The normalized spacial score (nSPS) is 11.5. The number of ether oxygens (including phenoxy) is 1. The third kappa shape index (κ3) is 3.25. The molecule has 0 aromatic rings. The van der Waals surface area contributed by atoms with E-state index in [-0.39, 0.29) is 5.57 Å². The second kappa shape index (κ2) is 5.29. The maximum Gasteiger partial charge on any atom is 0.342 e. The van der Waals surface area contributed by atoms with Crippen molar-refractivity contribution in [1.82, 2.24) is 0 Å². The minimum absolute atomic E-state index is 0.285. The zero-order valence-corrected chi connectivity index (χ0v) is 6.28. The zero-order chi connectivity index (χ0) is 8.69. The van der Waals surface area contributed by atoms with Crippen molar-refractivity contribution in [3.05, 3.63) is 36.8 Å². The van der Waals surface area contributed by atoms with E-state index in [4.69, 9.17) is 5.11 Å². The molecule has 0 bridgehead atoms. The Kier molecular flexibility index (Phi) is 4.56. The molecule has 3 heteroatoms. The summed E-state index contributed by atoms with van der Waals surface area (Å²) in [6, 6.07) is 0. The Morgan fingerprint density at radius 2 is 2.27 bits per heavy atom. The van der Waals surface area contributed by atoms with Gasteiger partial charge in [-0.1, -0.05) is 12.7 Å². The van der Waals surface area contributed by atoms with Crippen molar-refractivity contribution in [3.8, 4) is 0 Å². The van der Waals surface area contributed by atoms with E-state index >= 15 is 0 Å². The lowest BCUT2D eigenvalue weighted by molar-refractivity contribution is -0.133. The van der Waals surface area contributed by atoms with Gasteiger partial charge in [0.25, 0.3) is 0 Å². The van der Waals surface area contributed by atoms with Crippen molar-refractivity contribution >= 4 is 5.97 Å². The number of hydrogen-bond donors (Lipinski definition) is 1. The van der Waals surface area contributed by atoms with Crippen LogP contribution in [0.5, 0.6) is 0 Å². The first-order chi connectivity index (χ1) is 5.26. The summed E-state index contributed by atoms with van der Waals surface area (Å²) in [5.74, 6) is -0.534.